The lowest BCUT2D eigenvalue weighted by Crippen LogP contribution is -2.61. The highest BCUT2D eigenvalue weighted by molar-refractivity contribution is 7.00. The van der Waals surface area contributed by atoms with Crippen molar-refractivity contribution in [2.45, 2.75) is 26.2 Å². The van der Waals surface area contributed by atoms with E-state index in [2.05, 4.69) is 284 Å². The van der Waals surface area contributed by atoms with Crippen LogP contribution in [0.4, 0.5) is 34.1 Å². The van der Waals surface area contributed by atoms with Gasteiger partial charge >= 0.3 is 0 Å². The van der Waals surface area contributed by atoms with Crippen LogP contribution >= 0.6 is 0 Å². The summed E-state index contributed by atoms with van der Waals surface area (Å²) in [4.78, 5) is 5.19. The van der Waals surface area contributed by atoms with Crippen LogP contribution in [0.25, 0.3) is 72.0 Å². The van der Waals surface area contributed by atoms with Gasteiger partial charge in [-0.1, -0.05) is 197 Å². The van der Waals surface area contributed by atoms with E-state index < -0.39 is 0 Å². The highest BCUT2D eigenvalue weighted by Crippen LogP contribution is 2.54. The molecule has 0 fully saturated rings. The van der Waals surface area contributed by atoms with Gasteiger partial charge in [0.1, 0.15) is 11.5 Å². The molecule has 0 aliphatic carbocycles. The third-order valence-corrected chi connectivity index (χ3v) is 15.9. The van der Waals surface area contributed by atoms with E-state index in [-0.39, 0.29) is 12.1 Å². The normalized spacial score (nSPS) is 13.0. The number of benzene rings is 11. The molecule has 0 atom stereocenters. The highest BCUT2D eigenvalue weighted by Gasteiger charge is 2.46. The molecule has 0 saturated carbocycles. The zero-order valence-corrected chi connectivity index (χ0v) is 42.0. The molecule has 12 aromatic rings. The van der Waals surface area contributed by atoms with Gasteiger partial charge in [0.15, 0.2) is 0 Å². The summed E-state index contributed by atoms with van der Waals surface area (Å²) >= 11 is 0. The summed E-state index contributed by atoms with van der Waals surface area (Å²) in [5.41, 5.74) is 24.2. The number of fused-ring (bicyclic) bond motifs is 13. The van der Waals surface area contributed by atoms with E-state index in [9.17, 15) is 0 Å². The third kappa shape index (κ3) is 6.71. The van der Waals surface area contributed by atoms with Crippen molar-refractivity contribution in [3.05, 3.63) is 254 Å². The van der Waals surface area contributed by atoms with E-state index in [1.54, 1.807) is 0 Å². The van der Waals surface area contributed by atoms with Gasteiger partial charge in [-0.15, -0.1) is 0 Å². The molecule has 0 amide bonds. The second kappa shape index (κ2) is 16.6. The number of rotatable bonds is 4. The molecule has 4 heterocycles. The summed E-state index contributed by atoms with van der Waals surface area (Å²) in [6.07, 6.45) is 0. The molecule has 0 saturated heterocycles. The Kier molecular flexibility index (Phi) is 9.58. The van der Waals surface area contributed by atoms with Crippen molar-refractivity contribution >= 4 is 79.0 Å². The second-order valence-electron chi connectivity index (χ2n) is 21.2. The van der Waals surface area contributed by atoms with Crippen LogP contribution in [0.15, 0.2) is 249 Å². The van der Waals surface area contributed by atoms with Crippen molar-refractivity contribution in [3.63, 3.8) is 0 Å². The van der Waals surface area contributed by atoms with Gasteiger partial charge in [0, 0.05) is 67.2 Å². The first-order valence-electron chi connectivity index (χ1n) is 26.1. The molecule has 0 bridgehead atoms. The second-order valence-corrected chi connectivity index (χ2v) is 21.2. The third-order valence-electron chi connectivity index (χ3n) is 15.9. The molecule has 0 radical (unpaired) electrons. The summed E-state index contributed by atoms with van der Waals surface area (Å²) in [5.74, 6) is 1.63. The Hall–Kier alpha value is -9.32. The van der Waals surface area contributed by atoms with Crippen LogP contribution in [0.3, 0.4) is 0 Å². The van der Waals surface area contributed by atoms with Gasteiger partial charge in [-0.3, -0.25) is 0 Å². The molecule has 4 nitrogen and oxygen atoms in total. The number of hydrogen-bond donors (Lipinski definition) is 0. The van der Waals surface area contributed by atoms with E-state index in [4.69, 9.17) is 4.74 Å². The van der Waals surface area contributed by atoms with Crippen molar-refractivity contribution in [2.24, 2.45) is 0 Å². The molecule has 0 unspecified atom stereocenters. The Morgan fingerprint density at radius 1 is 0.360 bits per heavy atom. The van der Waals surface area contributed by atoms with E-state index in [1.807, 2.05) is 0 Å². The summed E-state index contributed by atoms with van der Waals surface area (Å²) in [7, 11) is 0. The molecular weight excluding hydrogens is 910 g/mol. The van der Waals surface area contributed by atoms with Crippen LogP contribution in [-0.2, 0) is 5.41 Å². The standard InChI is InChI=1S/C70H50BN3O/c1-70(2,3)49-42-64-68-65(43-49)74-62-31-17-12-26-54(62)55-27-13-18-32-66(55)75-67-33-19-14-28-56(67)57-40-48(46-22-8-5-9-23-46)41-59(69(57)74)71(68)58-39-38-51(73-60-29-15-10-24-52(60)53-25-11-16-30-61(53)73)44-63(58)72(64)50-36-34-47(35-37-50)45-20-6-4-7-21-45/h4-44H,1-3H3. The Labute approximate surface area is 438 Å². The van der Waals surface area contributed by atoms with Gasteiger partial charge in [-0.25, -0.2) is 0 Å². The van der Waals surface area contributed by atoms with E-state index in [0.717, 1.165) is 73.3 Å². The lowest BCUT2D eigenvalue weighted by atomic mass is 9.33. The number of hydrogen-bond acceptors (Lipinski definition) is 3. The Morgan fingerprint density at radius 3 is 1.53 bits per heavy atom. The summed E-state index contributed by atoms with van der Waals surface area (Å²) in [6.45, 7) is 6.90. The van der Waals surface area contributed by atoms with Crippen LogP contribution in [0, 0.1) is 0 Å². The van der Waals surface area contributed by atoms with Crippen molar-refractivity contribution < 1.29 is 4.74 Å². The van der Waals surface area contributed by atoms with Crippen LogP contribution in [-0.4, -0.2) is 11.3 Å². The molecule has 3 aliphatic rings. The molecule has 1 aromatic heterocycles. The number of nitrogens with zero attached hydrogens (tertiary/aromatic N) is 3. The minimum Gasteiger partial charge on any atom is -0.456 e. The first-order chi connectivity index (χ1) is 36.9. The fourth-order valence-electron chi connectivity index (χ4n) is 12.4. The summed E-state index contributed by atoms with van der Waals surface area (Å²) < 4.78 is 9.62. The maximum Gasteiger partial charge on any atom is 0.252 e. The molecule has 3 aliphatic heterocycles. The molecule has 0 N–H and O–H groups in total. The minimum absolute atomic E-state index is 0.157. The fraction of sp³-hybridized carbons (Fsp3) is 0.0571. The topological polar surface area (TPSA) is 20.6 Å². The Morgan fingerprint density at radius 2 is 0.880 bits per heavy atom. The first kappa shape index (κ1) is 43.3. The fourth-order valence-corrected chi connectivity index (χ4v) is 12.4. The Balaban J connectivity index is 1.10. The van der Waals surface area contributed by atoms with Crippen LogP contribution < -0.4 is 30.9 Å². The zero-order valence-electron chi connectivity index (χ0n) is 42.0. The highest BCUT2D eigenvalue weighted by atomic mass is 16.5. The summed E-state index contributed by atoms with van der Waals surface area (Å²) in [6, 6.07) is 91.8. The lowest BCUT2D eigenvalue weighted by Gasteiger charge is -2.46. The van der Waals surface area contributed by atoms with Crippen molar-refractivity contribution in [1.82, 2.24) is 4.57 Å². The van der Waals surface area contributed by atoms with E-state index in [1.165, 1.54) is 66.3 Å². The predicted octanol–water partition coefficient (Wildman–Crippen LogP) is 16.9. The zero-order chi connectivity index (χ0) is 49.9. The number of ether oxygens (including phenoxy) is 1. The quantitative estimate of drug-likeness (QED) is 0.164. The van der Waals surface area contributed by atoms with Gasteiger partial charge in [0.05, 0.1) is 16.7 Å². The van der Waals surface area contributed by atoms with Crippen LogP contribution in [0.5, 0.6) is 11.5 Å². The molecule has 11 aromatic carbocycles. The van der Waals surface area contributed by atoms with Gasteiger partial charge in [-0.2, -0.15) is 0 Å². The van der Waals surface area contributed by atoms with Crippen LogP contribution in [0.1, 0.15) is 26.3 Å². The maximum atomic E-state index is 7.16. The van der Waals surface area contributed by atoms with Crippen molar-refractivity contribution in [1.29, 1.82) is 0 Å². The van der Waals surface area contributed by atoms with E-state index in [0.29, 0.717) is 0 Å². The average molecular weight is 960 g/mol. The molecule has 5 heteroatoms. The first-order valence-corrected chi connectivity index (χ1v) is 26.1. The van der Waals surface area contributed by atoms with Gasteiger partial charge < -0.3 is 19.1 Å². The van der Waals surface area contributed by atoms with Crippen molar-refractivity contribution in [2.75, 3.05) is 9.80 Å². The lowest BCUT2D eigenvalue weighted by molar-refractivity contribution is 0.486. The molecule has 75 heavy (non-hydrogen) atoms. The molecule has 354 valence electrons. The monoisotopic (exact) mass is 959 g/mol. The average Bonchev–Trinajstić information content (AvgIpc) is 3.80. The van der Waals surface area contributed by atoms with Gasteiger partial charge in [0.25, 0.3) is 6.71 Å². The van der Waals surface area contributed by atoms with Crippen molar-refractivity contribution in [3.8, 4) is 61.7 Å². The van der Waals surface area contributed by atoms with Gasteiger partial charge in [0.2, 0.25) is 0 Å². The SMILES string of the molecule is CC(C)(C)c1cc2c3c(c1)N1c4ccccc4-c4ccccc4Oc4ccccc4-c4cc(-c5ccccc5)cc(c41)B3c1ccc(-n3c4ccccc4c4ccccc43)cc1N2c1ccc(-c2ccccc2)cc1. The largest absolute Gasteiger partial charge is 0.456 e. The summed E-state index contributed by atoms with van der Waals surface area (Å²) in [5, 5.41) is 2.48. The molecule has 15 rings (SSSR count). The maximum absolute atomic E-state index is 7.16. The van der Waals surface area contributed by atoms with Crippen LogP contribution in [0.2, 0.25) is 0 Å². The number of anilines is 6. The number of aromatic nitrogens is 1. The molecule has 0 spiro atoms. The Bertz CT molecular complexity index is 4210. The van der Waals surface area contributed by atoms with E-state index >= 15 is 0 Å². The minimum atomic E-state index is -0.209. The predicted molar refractivity (Wildman–Crippen MR) is 315 cm³/mol. The molecular formula is C70H50BN3O. The van der Waals surface area contributed by atoms with Gasteiger partial charge in [-0.05, 0) is 122 Å². The smallest absolute Gasteiger partial charge is 0.252 e. The number of para-hydroxylation sites is 5.